The van der Waals surface area contributed by atoms with Crippen molar-refractivity contribution in [3.05, 3.63) is 28.2 Å². The third-order valence-electron chi connectivity index (χ3n) is 6.39. The summed E-state index contributed by atoms with van der Waals surface area (Å²) in [5, 5.41) is 12.1. The predicted octanol–water partition coefficient (Wildman–Crippen LogP) is 5.32. The summed E-state index contributed by atoms with van der Waals surface area (Å²) < 4.78 is 2.36. The molecule has 29 heavy (non-hydrogen) atoms. The van der Waals surface area contributed by atoms with Crippen molar-refractivity contribution in [2.45, 2.75) is 94.9 Å². The molecule has 4 rings (SSSR count). The van der Waals surface area contributed by atoms with Crippen LogP contribution >= 0.6 is 23.1 Å². The summed E-state index contributed by atoms with van der Waals surface area (Å²) >= 11 is 3.35. The minimum Gasteiger partial charge on any atom is -0.337 e. The molecule has 0 bridgehead atoms. The van der Waals surface area contributed by atoms with Crippen molar-refractivity contribution in [2.24, 2.45) is 0 Å². The molecule has 0 aromatic carbocycles. The summed E-state index contributed by atoms with van der Waals surface area (Å²) in [6, 6.07) is 5.42. The number of thioether (sulfide) groups is 1. The summed E-state index contributed by atoms with van der Waals surface area (Å²) in [6.45, 7) is 4.36. The summed E-state index contributed by atoms with van der Waals surface area (Å²) in [7, 11) is 0. The van der Waals surface area contributed by atoms with Gasteiger partial charge in [0.25, 0.3) is 0 Å². The van der Waals surface area contributed by atoms with E-state index in [-0.39, 0.29) is 5.91 Å². The van der Waals surface area contributed by atoms with Crippen LogP contribution in [0.25, 0.3) is 0 Å². The van der Waals surface area contributed by atoms with Crippen LogP contribution in [0, 0.1) is 0 Å². The molecular weight excluding hydrogens is 400 g/mol. The van der Waals surface area contributed by atoms with E-state index < -0.39 is 0 Å². The lowest BCUT2D eigenvalue weighted by Crippen LogP contribution is -2.48. The largest absolute Gasteiger partial charge is 0.337 e. The number of hydrogen-bond donors (Lipinski definition) is 0. The molecule has 0 unspecified atom stereocenters. The van der Waals surface area contributed by atoms with Crippen molar-refractivity contribution in [2.75, 3.05) is 5.75 Å². The molecule has 2 atom stereocenters. The third kappa shape index (κ3) is 4.88. The highest BCUT2D eigenvalue weighted by atomic mass is 32.2. The van der Waals surface area contributed by atoms with Gasteiger partial charge in [-0.3, -0.25) is 4.79 Å². The molecule has 0 spiro atoms. The Balaban J connectivity index is 1.50. The Morgan fingerprint density at radius 1 is 1.10 bits per heavy atom. The Hall–Kier alpha value is -1.34. The summed E-state index contributed by atoms with van der Waals surface area (Å²) in [5.41, 5.74) is 0. The van der Waals surface area contributed by atoms with Gasteiger partial charge in [-0.05, 0) is 57.4 Å². The standard InChI is InChI=1S/C22H32N4OS2/c1-16-8-6-9-17(2)25(16)21(27)15-29-22-24-23-20(14-19-12-7-13-28-19)26(22)18-10-4-3-5-11-18/h7,12-13,16-18H,3-6,8-11,14-15H2,1-2H3/t16-,17+. The highest BCUT2D eigenvalue weighted by molar-refractivity contribution is 7.99. The number of carbonyl (C=O) groups excluding carboxylic acids is 1. The number of carbonyl (C=O) groups is 1. The summed E-state index contributed by atoms with van der Waals surface area (Å²) in [6.07, 6.45) is 10.5. The number of piperidine rings is 1. The molecule has 3 heterocycles. The highest BCUT2D eigenvalue weighted by Gasteiger charge is 2.30. The molecule has 2 fully saturated rings. The van der Waals surface area contributed by atoms with Gasteiger partial charge in [0.1, 0.15) is 5.82 Å². The molecule has 1 aliphatic carbocycles. The molecule has 158 valence electrons. The lowest BCUT2D eigenvalue weighted by Gasteiger charge is -2.39. The van der Waals surface area contributed by atoms with Gasteiger partial charge in [-0.25, -0.2) is 0 Å². The van der Waals surface area contributed by atoms with Crippen molar-refractivity contribution in [3.63, 3.8) is 0 Å². The van der Waals surface area contributed by atoms with Crippen molar-refractivity contribution < 1.29 is 4.79 Å². The van der Waals surface area contributed by atoms with E-state index in [4.69, 9.17) is 0 Å². The van der Waals surface area contributed by atoms with Gasteiger partial charge in [-0.1, -0.05) is 37.1 Å². The topological polar surface area (TPSA) is 51.0 Å². The Labute approximate surface area is 182 Å². The van der Waals surface area contributed by atoms with Crippen molar-refractivity contribution in [3.8, 4) is 0 Å². The van der Waals surface area contributed by atoms with Gasteiger partial charge in [0, 0.05) is 29.4 Å². The number of thiophene rings is 1. The molecule has 2 aromatic rings. The molecule has 1 saturated carbocycles. The second-order valence-corrected chi connectivity index (χ2v) is 10.5. The molecule has 1 aliphatic heterocycles. The molecule has 0 radical (unpaired) electrons. The van der Waals surface area contributed by atoms with Crippen LogP contribution in [-0.2, 0) is 11.2 Å². The van der Waals surface area contributed by atoms with Gasteiger partial charge in [0.05, 0.1) is 5.75 Å². The zero-order valence-corrected chi connectivity index (χ0v) is 19.2. The Kier molecular flexibility index (Phi) is 6.96. The first-order valence-corrected chi connectivity index (χ1v) is 12.9. The monoisotopic (exact) mass is 432 g/mol. The van der Waals surface area contributed by atoms with Gasteiger partial charge in [-0.15, -0.1) is 21.5 Å². The van der Waals surface area contributed by atoms with E-state index in [2.05, 4.69) is 51.0 Å². The molecule has 5 nitrogen and oxygen atoms in total. The number of nitrogens with zero attached hydrogens (tertiary/aromatic N) is 4. The predicted molar refractivity (Wildman–Crippen MR) is 120 cm³/mol. The Bertz CT molecular complexity index is 788. The zero-order chi connectivity index (χ0) is 20.2. The van der Waals surface area contributed by atoms with E-state index in [1.807, 2.05) is 0 Å². The van der Waals surface area contributed by atoms with E-state index >= 15 is 0 Å². The minimum atomic E-state index is 0.243. The van der Waals surface area contributed by atoms with Crippen LogP contribution in [0.3, 0.4) is 0 Å². The SMILES string of the molecule is C[C@@H]1CCC[C@H](C)N1C(=O)CSc1nnc(Cc2cccs2)n1C1CCCCC1. The van der Waals surface area contributed by atoms with Crippen LogP contribution in [-0.4, -0.2) is 43.4 Å². The van der Waals surface area contributed by atoms with Crippen LogP contribution in [0.4, 0.5) is 0 Å². The van der Waals surface area contributed by atoms with E-state index in [1.165, 1.54) is 43.4 Å². The van der Waals surface area contributed by atoms with E-state index in [9.17, 15) is 4.79 Å². The van der Waals surface area contributed by atoms with E-state index in [1.54, 1.807) is 23.1 Å². The third-order valence-corrected chi connectivity index (χ3v) is 8.20. The molecule has 1 saturated heterocycles. The molecule has 2 aromatic heterocycles. The van der Waals surface area contributed by atoms with Crippen LogP contribution in [0.5, 0.6) is 0 Å². The second-order valence-electron chi connectivity index (χ2n) is 8.54. The molecule has 0 N–H and O–H groups in total. The molecule has 7 heteroatoms. The van der Waals surface area contributed by atoms with Crippen molar-refractivity contribution in [1.29, 1.82) is 0 Å². The quantitative estimate of drug-likeness (QED) is 0.580. The van der Waals surface area contributed by atoms with Crippen molar-refractivity contribution in [1.82, 2.24) is 19.7 Å². The maximum Gasteiger partial charge on any atom is 0.233 e. The number of likely N-dealkylation sites (tertiary alicyclic amines) is 1. The molecule has 2 aliphatic rings. The maximum atomic E-state index is 13.0. The maximum absolute atomic E-state index is 13.0. The molecular formula is C22H32N4OS2. The highest BCUT2D eigenvalue weighted by Crippen LogP contribution is 2.34. The Morgan fingerprint density at radius 2 is 1.86 bits per heavy atom. The van der Waals surface area contributed by atoms with Gasteiger partial charge in [0.2, 0.25) is 5.91 Å². The van der Waals surface area contributed by atoms with Crippen LogP contribution in [0.2, 0.25) is 0 Å². The first-order valence-electron chi connectivity index (χ1n) is 11.0. The Morgan fingerprint density at radius 3 is 2.55 bits per heavy atom. The number of rotatable bonds is 6. The first kappa shape index (κ1) is 20.9. The minimum absolute atomic E-state index is 0.243. The second kappa shape index (κ2) is 9.65. The van der Waals surface area contributed by atoms with Gasteiger partial charge in [-0.2, -0.15) is 0 Å². The van der Waals surface area contributed by atoms with Crippen LogP contribution in [0.1, 0.15) is 82.0 Å². The summed E-state index contributed by atoms with van der Waals surface area (Å²) in [4.78, 5) is 16.4. The van der Waals surface area contributed by atoms with Crippen LogP contribution < -0.4 is 0 Å². The fraction of sp³-hybridized carbons (Fsp3) is 0.682. The summed E-state index contributed by atoms with van der Waals surface area (Å²) in [5.74, 6) is 1.75. The average molecular weight is 433 g/mol. The first-order chi connectivity index (χ1) is 14.1. The number of amides is 1. The molecule has 1 amide bonds. The lowest BCUT2D eigenvalue weighted by atomic mass is 9.95. The fourth-order valence-corrected chi connectivity index (χ4v) is 6.51. The van der Waals surface area contributed by atoms with E-state index in [0.29, 0.717) is 23.9 Å². The van der Waals surface area contributed by atoms with Crippen LogP contribution in [0.15, 0.2) is 22.7 Å². The lowest BCUT2D eigenvalue weighted by molar-refractivity contribution is -0.134. The number of aromatic nitrogens is 3. The zero-order valence-electron chi connectivity index (χ0n) is 17.5. The smallest absolute Gasteiger partial charge is 0.233 e. The number of hydrogen-bond acceptors (Lipinski definition) is 5. The van der Waals surface area contributed by atoms with E-state index in [0.717, 1.165) is 30.2 Å². The van der Waals surface area contributed by atoms with Crippen molar-refractivity contribution >= 4 is 29.0 Å². The van der Waals surface area contributed by atoms with Gasteiger partial charge < -0.3 is 9.47 Å². The fourth-order valence-electron chi connectivity index (χ4n) is 4.92. The normalized spacial score (nSPS) is 23.4. The van der Waals surface area contributed by atoms with Gasteiger partial charge in [0.15, 0.2) is 5.16 Å². The average Bonchev–Trinajstić information content (AvgIpc) is 3.37. The van der Waals surface area contributed by atoms with Gasteiger partial charge >= 0.3 is 0 Å².